The van der Waals surface area contributed by atoms with Crippen LogP contribution in [0, 0.1) is 6.92 Å². The molecule has 0 fully saturated rings. The lowest BCUT2D eigenvalue weighted by atomic mass is 10.0. The van der Waals surface area contributed by atoms with E-state index < -0.39 is 0 Å². The number of thioether (sulfide) groups is 1. The SMILES string of the molecule is Cc1ccc(SCCCC(=O)Nc2nc3c(C(C)C)cccc3s2)cc1. The van der Waals surface area contributed by atoms with Gasteiger partial charge in [-0.15, -0.1) is 11.8 Å². The number of benzene rings is 2. The normalized spacial score (nSPS) is 11.2. The number of hydrogen-bond acceptors (Lipinski definition) is 4. The standard InChI is InChI=1S/C21H24N2OS2/c1-14(2)17-6-4-7-18-20(17)23-21(26-18)22-19(24)8-5-13-25-16-11-9-15(3)10-12-16/h4,6-7,9-12,14H,5,8,13H2,1-3H3,(H,22,23,24). The van der Waals surface area contributed by atoms with Gasteiger partial charge in [-0.05, 0) is 48.8 Å². The number of nitrogens with one attached hydrogen (secondary N) is 1. The van der Waals surface area contributed by atoms with Gasteiger partial charge in [0.1, 0.15) is 0 Å². The van der Waals surface area contributed by atoms with E-state index >= 15 is 0 Å². The van der Waals surface area contributed by atoms with Crippen molar-refractivity contribution in [1.82, 2.24) is 4.98 Å². The summed E-state index contributed by atoms with van der Waals surface area (Å²) in [6.07, 6.45) is 1.37. The molecule has 0 saturated carbocycles. The Morgan fingerprint density at radius 2 is 1.96 bits per heavy atom. The predicted molar refractivity (Wildman–Crippen MR) is 113 cm³/mol. The fraction of sp³-hybridized carbons (Fsp3) is 0.333. The van der Waals surface area contributed by atoms with Crippen LogP contribution in [0.1, 0.15) is 43.7 Å². The van der Waals surface area contributed by atoms with Crippen molar-refractivity contribution < 1.29 is 4.79 Å². The third-order valence-corrected chi connectivity index (χ3v) is 6.19. The Balaban J connectivity index is 1.51. The lowest BCUT2D eigenvalue weighted by Crippen LogP contribution is -2.11. The highest BCUT2D eigenvalue weighted by Crippen LogP contribution is 2.31. The van der Waals surface area contributed by atoms with Crippen LogP contribution in [0.2, 0.25) is 0 Å². The number of aromatic nitrogens is 1. The number of fused-ring (bicyclic) bond motifs is 1. The highest BCUT2D eigenvalue weighted by Gasteiger charge is 2.12. The van der Waals surface area contributed by atoms with Gasteiger partial charge < -0.3 is 5.32 Å². The Bertz CT molecular complexity index is 885. The van der Waals surface area contributed by atoms with Crippen LogP contribution in [0.15, 0.2) is 47.4 Å². The minimum Gasteiger partial charge on any atom is -0.302 e. The summed E-state index contributed by atoms with van der Waals surface area (Å²) in [5.74, 6) is 1.40. The Hall–Kier alpha value is -1.85. The number of amides is 1. The summed E-state index contributed by atoms with van der Waals surface area (Å²) in [5, 5.41) is 3.66. The summed E-state index contributed by atoms with van der Waals surface area (Å²) in [6, 6.07) is 14.7. The molecular formula is C21H24N2OS2. The van der Waals surface area contributed by atoms with Crippen LogP contribution in [0.25, 0.3) is 10.2 Å². The van der Waals surface area contributed by atoms with E-state index in [9.17, 15) is 4.79 Å². The summed E-state index contributed by atoms with van der Waals surface area (Å²) in [6.45, 7) is 6.42. The van der Waals surface area contributed by atoms with Crippen molar-refractivity contribution in [2.24, 2.45) is 0 Å². The van der Waals surface area contributed by atoms with Crippen molar-refractivity contribution >= 4 is 44.4 Å². The van der Waals surface area contributed by atoms with Crippen molar-refractivity contribution in [3.63, 3.8) is 0 Å². The van der Waals surface area contributed by atoms with E-state index in [1.807, 2.05) is 0 Å². The topological polar surface area (TPSA) is 42.0 Å². The van der Waals surface area contributed by atoms with Crippen molar-refractivity contribution in [3.05, 3.63) is 53.6 Å². The number of rotatable bonds is 7. The second-order valence-corrected chi connectivity index (χ2v) is 8.88. The molecule has 136 valence electrons. The molecule has 0 bridgehead atoms. The molecule has 0 saturated heterocycles. The second kappa shape index (κ2) is 8.69. The van der Waals surface area contributed by atoms with Crippen molar-refractivity contribution in [1.29, 1.82) is 0 Å². The number of nitrogens with zero attached hydrogens (tertiary/aromatic N) is 1. The monoisotopic (exact) mass is 384 g/mol. The number of carbonyl (C=O) groups excluding carboxylic acids is 1. The smallest absolute Gasteiger partial charge is 0.226 e. The first-order valence-corrected chi connectivity index (χ1v) is 10.7. The molecule has 0 aliphatic carbocycles. The van der Waals surface area contributed by atoms with Gasteiger partial charge in [-0.1, -0.05) is 55.0 Å². The van der Waals surface area contributed by atoms with Gasteiger partial charge in [-0.25, -0.2) is 4.98 Å². The molecule has 0 unspecified atom stereocenters. The first-order chi connectivity index (χ1) is 12.5. The molecule has 3 aromatic rings. The van der Waals surface area contributed by atoms with E-state index in [2.05, 4.69) is 73.5 Å². The lowest BCUT2D eigenvalue weighted by molar-refractivity contribution is -0.116. The van der Waals surface area contributed by atoms with E-state index in [4.69, 9.17) is 0 Å². The zero-order chi connectivity index (χ0) is 18.5. The summed E-state index contributed by atoms with van der Waals surface area (Å²) in [7, 11) is 0. The van der Waals surface area contributed by atoms with E-state index in [1.165, 1.54) is 16.0 Å². The van der Waals surface area contributed by atoms with Crippen molar-refractivity contribution in [2.45, 2.75) is 44.4 Å². The molecule has 1 heterocycles. The van der Waals surface area contributed by atoms with E-state index in [0.717, 1.165) is 22.4 Å². The highest BCUT2D eigenvalue weighted by atomic mass is 32.2. The number of thiazole rings is 1. The summed E-state index contributed by atoms with van der Waals surface area (Å²) in [4.78, 5) is 18.1. The molecule has 5 heteroatoms. The molecule has 0 aliphatic heterocycles. The van der Waals surface area contributed by atoms with Crippen LogP contribution in [0.3, 0.4) is 0 Å². The molecule has 0 radical (unpaired) electrons. The van der Waals surface area contributed by atoms with Crippen molar-refractivity contribution in [3.8, 4) is 0 Å². The van der Waals surface area contributed by atoms with Crippen molar-refractivity contribution in [2.75, 3.05) is 11.1 Å². The highest BCUT2D eigenvalue weighted by molar-refractivity contribution is 7.99. The van der Waals surface area contributed by atoms with Crippen LogP contribution >= 0.6 is 23.1 Å². The number of anilines is 1. The number of aryl methyl sites for hydroxylation is 1. The fourth-order valence-corrected chi connectivity index (χ4v) is 4.50. The van der Waals surface area contributed by atoms with Gasteiger partial charge in [0.2, 0.25) is 5.91 Å². The molecule has 26 heavy (non-hydrogen) atoms. The van der Waals surface area contributed by atoms with Crippen LogP contribution in [-0.4, -0.2) is 16.6 Å². The van der Waals surface area contributed by atoms with E-state index in [1.54, 1.807) is 23.1 Å². The van der Waals surface area contributed by atoms with Gasteiger partial charge >= 0.3 is 0 Å². The fourth-order valence-electron chi connectivity index (χ4n) is 2.73. The quantitative estimate of drug-likeness (QED) is 0.387. The van der Waals surface area contributed by atoms with Gasteiger partial charge in [0.15, 0.2) is 5.13 Å². The molecular weight excluding hydrogens is 360 g/mol. The Morgan fingerprint density at radius 3 is 2.69 bits per heavy atom. The van der Waals surface area contributed by atoms with Crippen LogP contribution in [0.5, 0.6) is 0 Å². The van der Waals surface area contributed by atoms with Crippen LogP contribution < -0.4 is 5.32 Å². The lowest BCUT2D eigenvalue weighted by Gasteiger charge is -2.05. The van der Waals surface area contributed by atoms with Gasteiger partial charge in [0.05, 0.1) is 10.2 Å². The Labute approximate surface area is 163 Å². The Morgan fingerprint density at radius 1 is 1.19 bits per heavy atom. The number of para-hydroxylation sites is 1. The van der Waals surface area contributed by atoms with E-state index in [-0.39, 0.29) is 5.91 Å². The Kier molecular flexibility index (Phi) is 6.33. The molecule has 0 aliphatic rings. The largest absolute Gasteiger partial charge is 0.302 e. The third-order valence-electron chi connectivity index (χ3n) is 4.16. The molecule has 0 atom stereocenters. The van der Waals surface area contributed by atoms with E-state index in [0.29, 0.717) is 17.5 Å². The molecule has 3 rings (SSSR count). The molecule has 2 aromatic carbocycles. The summed E-state index contributed by atoms with van der Waals surface area (Å²) >= 11 is 3.34. The first kappa shape index (κ1) is 18.9. The number of carbonyl (C=O) groups is 1. The molecule has 1 aromatic heterocycles. The average molecular weight is 385 g/mol. The minimum absolute atomic E-state index is 0.0414. The predicted octanol–water partition coefficient (Wildman–Crippen LogP) is 6.24. The van der Waals surface area contributed by atoms with Crippen LogP contribution in [-0.2, 0) is 4.79 Å². The second-order valence-electron chi connectivity index (χ2n) is 6.68. The first-order valence-electron chi connectivity index (χ1n) is 8.91. The zero-order valence-corrected chi connectivity index (χ0v) is 17.0. The maximum atomic E-state index is 12.2. The maximum absolute atomic E-state index is 12.2. The zero-order valence-electron chi connectivity index (χ0n) is 15.4. The molecule has 0 spiro atoms. The summed E-state index contributed by atoms with van der Waals surface area (Å²) < 4.78 is 1.13. The number of hydrogen-bond donors (Lipinski definition) is 1. The summed E-state index contributed by atoms with van der Waals surface area (Å²) in [5.41, 5.74) is 3.51. The van der Waals surface area contributed by atoms with Gasteiger partial charge in [0.25, 0.3) is 0 Å². The third kappa shape index (κ3) is 4.86. The van der Waals surface area contributed by atoms with Gasteiger partial charge in [0, 0.05) is 11.3 Å². The van der Waals surface area contributed by atoms with Gasteiger partial charge in [-0.2, -0.15) is 0 Å². The molecule has 3 nitrogen and oxygen atoms in total. The van der Waals surface area contributed by atoms with Crippen LogP contribution in [0.4, 0.5) is 5.13 Å². The molecule has 1 N–H and O–H groups in total. The maximum Gasteiger partial charge on any atom is 0.226 e. The average Bonchev–Trinajstić information content (AvgIpc) is 3.02. The van der Waals surface area contributed by atoms with Gasteiger partial charge in [-0.3, -0.25) is 4.79 Å². The molecule has 1 amide bonds. The minimum atomic E-state index is 0.0414.